The van der Waals surface area contributed by atoms with Crippen LogP contribution in [0.4, 0.5) is 0 Å². The molecule has 20 heavy (non-hydrogen) atoms. The lowest BCUT2D eigenvalue weighted by molar-refractivity contribution is 0.409. The van der Waals surface area contributed by atoms with Gasteiger partial charge in [0.2, 0.25) is 5.88 Å². The molecule has 0 aliphatic rings. The largest absolute Gasteiger partial charge is 0.553 e. The Labute approximate surface area is 121 Å². The first-order chi connectivity index (χ1) is 9.74. The number of hydrogen-bond donors (Lipinski definition) is 1. The molecule has 1 aromatic heterocycles. The number of fused-ring (bicyclic) bond motifs is 1. The third-order valence-electron chi connectivity index (χ3n) is 3.80. The van der Waals surface area contributed by atoms with Gasteiger partial charge in [-0.2, -0.15) is 0 Å². The van der Waals surface area contributed by atoms with Gasteiger partial charge in [0.25, 0.3) is 0 Å². The maximum atomic E-state index is 5.37. The lowest BCUT2D eigenvalue weighted by Gasteiger charge is -2.16. The van der Waals surface area contributed by atoms with Gasteiger partial charge in [-0.15, -0.1) is 5.10 Å². The summed E-state index contributed by atoms with van der Waals surface area (Å²) in [6, 6.07) is 6.73. The van der Waals surface area contributed by atoms with Gasteiger partial charge in [-0.3, -0.25) is 4.68 Å². The highest BCUT2D eigenvalue weighted by atomic mass is 16.4. The van der Waals surface area contributed by atoms with Crippen molar-refractivity contribution in [2.45, 2.75) is 39.2 Å². The van der Waals surface area contributed by atoms with Crippen molar-refractivity contribution in [3.05, 3.63) is 23.8 Å². The fourth-order valence-electron chi connectivity index (χ4n) is 2.56. The van der Waals surface area contributed by atoms with Gasteiger partial charge in [0.05, 0.1) is 16.9 Å². The normalized spacial score (nSPS) is 12.8. The zero-order valence-corrected chi connectivity index (χ0v) is 12.5. The lowest BCUT2D eigenvalue weighted by atomic mass is 10.1. The first-order valence-corrected chi connectivity index (χ1v) is 7.27. The topological polar surface area (TPSA) is 39.1 Å². The Morgan fingerprint density at radius 3 is 2.80 bits per heavy atom. The Bertz CT molecular complexity index is 567. The third kappa shape index (κ3) is 2.82. The van der Waals surface area contributed by atoms with Crippen LogP contribution in [0.15, 0.2) is 18.2 Å². The van der Waals surface area contributed by atoms with Gasteiger partial charge in [-0.05, 0) is 50.6 Å². The van der Waals surface area contributed by atoms with Crippen LogP contribution < -0.4 is 9.97 Å². The summed E-state index contributed by atoms with van der Waals surface area (Å²) >= 11 is 0. The summed E-state index contributed by atoms with van der Waals surface area (Å²) in [4.78, 5) is 0. The van der Waals surface area contributed by atoms with Crippen molar-refractivity contribution in [3.63, 3.8) is 0 Å². The number of aryl methyl sites for hydroxylation is 1. The summed E-state index contributed by atoms with van der Waals surface area (Å²) in [5.41, 5.74) is 2.35. The van der Waals surface area contributed by atoms with E-state index >= 15 is 0 Å². The Morgan fingerprint density at radius 1 is 1.40 bits per heavy atom. The Kier molecular flexibility index (Phi) is 5.07. The van der Waals surface area contributed by atoms with Crippen molar-refractivity contribution in [2.24, 2.45) is 0 Å². The summed E-state index contributed by atoms with van der Waals surface area (Å²) in [7, 11) is 7.34. The molecule has 2 aromatic rings. The van der Waals surface area contributed by atoms with Gasteiger partial charge in [0.1, 0.15) is 0 Å². The van der Waals surface area contributed by atoms with Crippen LogP contribution in [-0.4, -0.2) is 31.4 Å². The number of rotatable bonds is 7. The molecule has 0 amide bonds. The molecular formula is C15H22BN3O. The summed E-state index contributed by atoms with van der Waals surface area (Å²) in [6.07, 6.45) is 3.05. The molecule has 1 unspecified atom stereocenters. The van der Waals surface area contributed by atoms with Gasteiger partial charge in [0, 0.05) is 0 Å². The van der Waals surface area contributed by atoms with E-state index in [1.807, 2.05) is 11.7 Å². The molecule has 1 atom stereocenters. The average Bonchev–Trinajstić information content (AvgIpc) is 2.86. The SMILES string of the molecule is [B]Oc1nn(C(CC)CCNC)c2ccc(CC)cc12. The molecule has 2 rings (SSSR count). The lowest BCUT2D eigenvalue weighted by Crippen LogP contribution is -2.17. The van der Waals surface area contributed by atoms with Crippen LogP contribution in [0.1, 0.15) is 38.3 Å². The first kappa shape index (κ1) is 14.9. The van der Waals surface area contributed by atoms with E-state index < -0.39 is 0 Å². The van der Waals surface area contributed by atoms with Crippen LogP contribution >= 0.6 is 0 Å². The highest BCUT2D eigenvalue weighted by molar-refractivity contribution is 6.01. The molecule has 0 aliphatic heterocycles. The quantitative estimate of drug-likeness (QED) is 0.787. The molecule has 1 aromatic carbocycles. The number of aromatic nitrogens is 2. The standard InChI is InChI=1S/C15H22BN3O/c1-4-11-6-7-14-13(10-11)15(20-16)18-19(14)12(5-2)8-9-17-3/h6-7,10,12,17H,4-5,8-9H2,1-3H3. The smallest absolute Gasteiger partial charge is 0.376 e. The minimum atomic E-state index is 0.348. The average molecular weight is 271 g/mol. The van der Waals surface area contributed by atoms with Crippen LogP contribution in [0.5, 0.6) is 5.88 Å². The highest BCUT2D eigenvalue weighted by Gasteiger charge is 2.17. The Morgan fingerprint density at radius 2 is 2.20 bits per heavy atom. The van der Waals surface area contributed by atoms with E-state index in [0.717, 1.165) is 36.7 Å². The fraction of sp³-hybridized carbons (Fsp3) is 0.533. The van der Waals surface area contributed by atoms with Crippen LogP contribution in [0.2, 0.25) is 0 Å². The number of nitrogens with one attached hydrogen (secondary N) is 1. The minimum Gasteiger partial charge on any atom is -0.553 e. The van der Waals surface area contributed by atoms with E-state index in [0.29, 0.717) is 11.9 Å². The molecule has 0 bridgehead atoms. The van der Waals surface area contributed by atoms with Crippen molar-refractivity contribution in [3.8, 4) is 5.88 Å². The molecule has 0 saturated heterocycles. The molecule has 106 valence electrons. The van der Waals surface area contributed by atoms with E-state index in [-0.39, 0.29) is 0 Å². The van der Waals surface area contributed by atoms with Gasteiger partial charge in [-0.1, -0.05) is 19.9 Å². The van der Waals surface area contributed by atoms with Crippen LogP contribution in [0.25, 0.3) is 10.9 Å². The number of hydrogen-bond acceptors (Lipinski definition) is 3. The predicted molar refractivity (Wildman–Crippen MR) is 83.4 cm³/mol. The summed E-state index contributed by atoms with van der Waals surface area (Å²) in [5, 5.41) is 8.74. The van der Waals surface area contributed by atoms with Crippen LogP contribution in [-0.2, 0) is 6.42 Å². The van der Waals surface area contributed by atoms with Crippen molar-refractivity contribution < 1.29 is 4.65 Å². The number of benzene rings is 1. The molecule has 0 spiro atoms. The maximum absolute atomic E-state index is 5.37. The molecule has 5 heteroatoms. The predicted octanol–water partition coefficient (Wildman–Crippen LogP) is 2.62. The van der Waals surface area contributed by atoms with Crippen molar-refractivity contribution in [2.75, 3.05) is 13.6 Å². The first-order valence-electron chi connectivity index (χ1n) is 7.27. The van der Waals surface area contributed by atoms with Gasteiger partial charge < -0.3 is 9.97 Å². The number of nitrogens with zero attached hydrogens (tertiary/aromatic N) is 2. The van der Waals surface area contributed by atoms with E-state index in [2.05, 4.69) is 42.5 Å². The Balaban J connectivity index is 2.47. The van der Waals surface area contributed by atoms with Crippen molar-refractivity contribution >= 4 is 19.0 Å². The molecule has 1 heterocycles. The third-order valence-corrected chi connectivity index (χ3v) is 3.80. The zero-order chi connectivity index (χ0) is 14.5. The van der Waals surface area contributed by atoms with Crippen LogP contribution in [0.3, 0.4) is 0 Å². The van der Waals surface area contributed by atoms with Crippen molar-refractivity contribution in [1.29, 1.82) is 0 Å². The van der Waals surface area contributed by atoms with Crippen LogP contribution in [0, 0.1) is 0 Å². The molecule has 4 nitrogen and oxygen atoms in total. The van der Waals surface area contributed by atoms with Crippen molar-refractivity contribution in [1.82, 2.24) is 15.1 Å². The second-order valence-corrected chi connectivity index (χ2v) is 5.03. The van der Waals surface area contributed by atoms with Gasteiger partial charge in [0.15, 0.2) is 0 Å². The fourth-order valence-corrected chi connectivity index (χ4v) is 2.56. The molecule has 0 aliphatic carbocycles. The zero-order valence-electron chi connectivity index (χ0n) is 12.5. The molecule has 2 radical (unpaired) electrons. The monoisotopic (exact) mass is 271 g/mol. The molecule has 0 fully saturated rings. The summed E-state index contributed by atoms with van der Waals surface area (Å²) in [5.74, 6) is 0.512. The highest BCUT2D eigenvalue weighted by Crippen LogP contribution is 2.30. The van der Waals surface area contributed by atoms with E-state index in [4.69, 9.17) is 12.7 Å². The second-order valence-electron chi connectivity index (χ2n) is 5.03. The minimum absolute atomic E-state index is 0.348. The molecule has 0 saturated carbocycles. The maximum Gasteiger partial charge on any atom is 0.376 e. The van der Waals surface area contributed by atoms with Gasteiger partial charge >= 0.3 is 8.05 Å². The second kappa shape index (κ2) is 6.79. The molecule has 1 N–H and O–H groups in total. The molecular weight excluding hydrogens is 249 g/mol. The summed E-state index contributed by atoms with van der Waals surface area (Å²) in [6.45, 7) is 5.28. The van der Waals surface area contributed by atoms with E-state index in [9.17, 15) is 0 Å². The Hall–Kier alpha value is -1.49. The summed E-state index contributed by atoms with van der Waals surface area (Å²) < 4.78 is 7.01. The van der Waals surface area contributed by atoms with E-state index in [1.54, 1.807) is 0 Å². The van der Waals surface area contributed by atoms with Gasteiger partial charge in [-0.25, -0.2) is 0 Å². The van der Waals surface area contributed by atoms with E-state index in [1.165, 1.54) is 5.56 Å².